The zero-order chi connectivity index (χ0) is 19.4. The maximum Gasteiger partial charge on any atom is 0.357 e. The highest BCUT2D eigenvalue weighted by Gasteiger charge is 2.18. The van der Waals surface area contributed by atoms with E-state index >= 15 is 0 Å². The Labute approximate surface area is 157 Å². The van der Waals surface area contributed by atoms with Gasteiger partial charge in [-0.3, -0.25) is 4.79 Å². The fraction of sp³-hybridized carbons (Fsp3) is 0.286. The van der Waals surface area contributed by atoms with Crippen LogP contribution < -0.4 is 0 Å². The van der Waals surface area contributed by atoms with Crippen molar-refractivity contribution in [3.63, 3.8) is 0 Å². The molecule has 1 aromatic carbocycles. The van der Waals surface area contributed by atoms with E-state index in [1.165, 1.54) is 0 Å². The van der Waals surface area contributed by atoms with Gasteiger partial charge in [-0.05, 0) is 32.0 Å². The predicted octanol–water partition coefficient (Wildman–Crippen LogP) is 3.34. The summed E-state index contributed by atoms with van der Waals surface area (Å²) >= 11 is 0. The van der Waals surface area contributed by atoms with Crippen LogP contribution in [0.5, 0.6) is 0 Å². The molecule has 2 heterocycles. The number of hydrogen-bond acceptors (Lipinski definition) is 5. The van der Waals surface area contributed by atoms with E-state index in [4.69, 9.17) is 9.47 Å². The number of ether oxygens (including phenoxy) is 2. The van der Waals surface area contributed by atoms with Crippen molar-refractivity contribution in [2.45, 2.75) is 20.4 Å². The molecule has 0 fully saturated rings. The Morgan fingerprint density at radius 2 is 1.89 bits per heavy atom. The molecule has 6 nitrogen and oxygen atoms in total. The molecule has 3 rings (SSSR count). The number of para-hydroxylation sites is 1. The molecule has 27 heavy (non-hydrogen) atoms. The van der Waals surface area contributed by atoms with Gasteiger partial charge < -0.3 is 14.0 Å². The Balaban J connectivity index is 1.68. The van der Waals surface area contributed by atoms with Crippen LogP contribution in [0, 0.1) is 13.8 Å². The van der Waals surface area contributed by atoms with Crippen LogP contribution in [0.4, 0.5) is 0 Å². The first-order valence-electron chi connectivity index (χ1n) is 8.73. The molecular formula is C21H22N2O4. The molecule has 0 bridgehead atoms. The molecule has 0 amide bonds. The van der Waals surface area contributed by atoms with Gasteiger partial charge in [-0.2, -0.15) is 0 Å². The maximum atomic E-state index is 12.5. The highest BCUT2D eigenvalue weighted by atomic mass is 16.5. The van der Waals surface area contributed by atoms with Crippen LogP contribution in [-0.2, 0) is 16.0 Å². The lowest BCUT2D eigenvalue weighted by Gasteiger charge is -2.09. The molecule has 6 heteroatoms. The molecule has 3 aromatic rings. The summed E-state index contributed by atoms with van der Waals surface area (Å²) in [7, 11) is 1.64. The van der Waals surface area contributed by atoms with E-state index in [1.807, 2.05) is 54.8 Å². The number of esters is 1. The van der Waals surface area contributed by atoms with Crippen LogP contribution in [-0.4, -0.2) is 41.6 Å². The third kappa shape index (κ3) is 4.06. The second kappa shape index (κ2) is 8.14. The number of methoxy groups -OCH3 is 1. The Kier molecular flexibility index (Phi) is 5.66. The summed E-state index contributed by atoms with van der Waals surface area (Å²) < 4.78 is 12.3. The van der Waals surface area contributed by atoms with E-state index in [0.717, 1.165) is 16.8 Å². The number of pyridine rings is 1. The van der Waals surface area contributed by atoms with Crippen molar-refractivity contribution >= 4 is 22.7 Å². The lowest BCUT2D eigenvalue weighted by Crippen LogP contribution is -2.16. The number of carbonyl (C=O) groups is 2. The molecular weight excluding hydrogens is 344 g/mol. The quantitative estimate of drug-likeness (QED) is 0.474. The summed E-state index contributed by atoms with van der Waals surface area (Å²) in [4.78, 5) is 29.1. The molecule has 0 aliphatic carbocycles. The molecule has 0 radical (unpaired) electrons. The Morgan fingerprint density at radius 1 is 1.11 bits per heavy atom. The SMILES string of the molecule is COCCn1c(C)cc(C(=O)COC(=O)c2ccc3ccccc3n2)c1C. The number of aryl methyl sites for hydroxylation is 1. The molecule has 2 aromatic heterocycles. The second-order valence-corrected chi connectivity index (χ2v) is 6.32. The van der Waals surface area contributed by atoms with E-state index in [9.17, 15) is 9.59 Å². The number of aromatic nitrogens is 2. The number of Topliss-reactive ketones (excluding diaryl/α,β-unsaturated/α-hetero) is 1. The molecule has 0 aliphatic heterocycles. The van der Waals surface area contributed by atoms with Crippen molar-refractivity contribution in [1.82, 2.24) is 9.55 Å². The van der Waals surface area contributed by atoms with Crippen LogP contribution in [0.2, 0.25) is 0 Å². The van der Waals surface area contributed by atoms with Gasteiger partial charge in [-0.15, -0.1) is 0 Å². The topological polar surface area (TPSA) is 70.4 Å². The summed E-state index contributed by atoms with van der Waals surface area (Å²) in [6.45, 7) is 4.73. The summed E-state index contributed by atoms with van der Waals surface area (Å²) in [5, 5.41) is 0.939. The molecule has 0 N–H and O–H groups in total. The summed E-state index contributed by atoms with van der Waals surface area (Å²) in [5.74, 6) is -0.844. The van der Waals surface area contributed by atoms with E-state index in [1.54, 1.807) is 13.2 Å². The van der Waals surface area contributed by atoms with Crippen molar-refractivity contribution in [2.24, 2.45) is 0 Å². The average Bonchev–Trinajstić information content (AvgIpc) is 2.97. The zero-order valence-electron chi connectivity index (χ0n) is 15.7. The minimum atomic E-state index is -0.609. The number of hydrogen-bond donors (Lipinski definition) is 0. The first kappa shape index (κ1) is 18.8. The van der Waals surface area contributed by atoms with Crippen LogP contribution in [0.1, 0.15) is 32.2 Å². The number of benzene rings is 1. The highest BCUT2D eigenvalue weighted by molar-refractivity contribution is 6.00. The number of ketones is 1. The Hall–Kier alpha value is -2.99. The minimum Gasteiger partial charge on any atom is -0.453 e. The average molecular weight is 366 g/mol. The van der Waals surface area contributed by atoms with Gasteiger partial charge in [0.2, 0.25) is 5.78 Å². The largest absolute Gasteiger partial charge is 0.453 e. The molecule has 0 saturated carbocycles. The van der Waals surface area contributed by atoms with Gasteiger partial charge in [-0.25, -0.2) is 9.78 Å². The van der Waals surface area contributed by atoms with Gasteiger partial charge in [-0.1, -0.05) is 24.3 Å². The fourth-order valence-corrected chi connectivity index (χ4v) is 3.07. The van der Waals surface area contributed by atoms with Crippen molar-refractivity contribution < 1.29 is 19.1 Å². The van der Waals surface area contributed by atoms with E-state index in [-0.39, 0.29) is 18.1 Å². The monoisotopic (exact) mass is 366 g/mol. The minimum absolute atomic E-state index is 0.187. The van der Waals surface area contributed by atoms with Crippen molar-refractivity contribution in [2.75, 3.05) is 20.3 Å². The van der Waals surface area contributed by atoms with Gasteiger partial charge in [0.25, 0.3) is 0 Å². The van der Waals surface area contributed by atoms with E-state index < -0.39 is 5.97 Å². The number of rotatable bonds is 7. The Bertz CT molecular complexity index is 991. The van der Waals surface area contributed by atoms with Gasteiger partial charge >= 0.3 is 5.97 Å². The van der Waals surface area contributed by atoms with Crippen molar-refractivity contribution in [1.29, 1.82) is 0 Å². The molecule has 0 saturated heterocycles. The lowest BCUT2D eigenvalue weighted by atomic mass is 10.1. The van der Waals surface area contributed by atoms with Gasteiger partial charge in [0.1, 0.15) is 5.69 Å². The number of nitrogens with zero attached hydrogens (tertiary/aromatic N) is 2. The molecule has 0 unspecified atom stereocenters. The lowest BCUT2D eigenvalue weighted by molar-refractivity contribution is 0.0469. The zero-order valence-corrected chi connectivity index (χ0v) is 15.7. The van der Waals surface area contributed by atoms with Gasteiger partial charge in [0.05, 0.1) is 12.1 Å². The molecule has 0 aliphatic rings. The number of fused-ring (bicyclic) bond motifs is 1. The summed E-state index contributed by atoms with van der Waals surface area (Å²) in [6, 6.07) is 12.7. The van der Waals surface area contributed by atoms with E-state index in [2.05, 4.69) is 4.98 Å². The maximum absolute atomic E-state index is 12.5. The third-order valence-electron chi connectivity index (χ3n) is 4.53. The van der Waals surface area contributed by atoms with Crippen LogP contribution in [0.15, 0.2) is 42.5 Å². The second-order valence-electron chi connectivity index (χ2n) is 6.32. The molecule has 140 valence electrons. The standard InChI is InChI=1S/C21H22N2O4/c1-14-12-17(15(2)23(14)10-11-26-3)20(24)13-27-21(25)19-9-8-16-6-4-5-7-18(16)22-19/h4-9,12H,10-11,13H2,1-3H3. The highest BCUT2D eigenvalue weighted by Crippen LogP contribution is 2.17. The van der Waals surface area contributed by atoms with E-state index in [0.29, 0.717) is 24.2 Å². The summed E-state index contributed by atoms with van der Waals surface area (Å²) in [5.41, 5.74) is 3.26. The molecule has 0 atom stereocenters. The van der Waals surface area contributed by atoms with Crippen molar-refractivity contribution in [3.05, 3.63) is 65.1 Å². The third-order valence-corrected chi connectivity index (χ3v) is 4.53. The van der Waals surface area contributed by atoms with Gasteiger partial charge in [0, 0.05) is 36.0 Å². The van der Waals surface area contributed by atoms with Crippen LogP contribution in [0.25, 0.3) is 10.9 Å². The van der Waals surface area contributed by atoms with Crippen LogP contribution in [0.3, 0.4) is 0 Å². The predicted molar refractivity (Wildman–Crippen MR) is 102 cm³/mol. The first-order chi connectivity index (χ1) is 13.0. The smallest absolute Gasteiger partial charge is 0.357 e. The van der Waals surface area contributed by atoms with Gasteiger partial charge in [0.15, 0.2) is 6.61 Å². The van der Waals surface area contributed by atoms with Crippen LogP contribution >= 0.6 is 0 Å². The summed E-state index contributed by atoms with van der Waals surface area (Å²) in [6.07, 6.45) is 0. The van der Waals surface area contributed by atoms with Crippen molar-refractivity contribution in [3.8, 4) is 0 Å². The normalized spacial score (nSPS) is 10.9. The fourth-order valence-electron chi connectivity index (χ4n) is 3.07. The molecule has 0 spiro atoms. The Morgan fingerprint density at radius 3 is 2.67 bits per heavy atom. The first-order valence-corrected chi connectivity index (χ1v) is 8.73. The number of carbonyl (C=O) groups excluding carboxylic acids is 2.